The quantitative estimate of drug-likeness (QED) is 0.174. The molecule has 276 valence electrons. The summed E-state index contributed by atoms with van der Waals surface area (Å²) < 4.78 is 42.7. The first-order valence-electron chi connectivity index (χ1n) is 17.7. The summed E-state index contributed by atoms with van der Waals surface area (Å²) in [5.41, 5.74) is -1.02. The van der Waals surface area contributed by atoms with Crippen molar-refractivity contribution < 1.29 is 27.9 Å². The largest absolute Gasteiger partial charge is 0.461 e. The molecule has 6 heterocycles. The molecule has 53 heavy (non-hydrogen) atoms. The van der Waals surface area contributed by atoms with Crippen molar-refractivity contribution in [2.75, 3.05) is 51.3 Å². The van der Waals surface area contributed by atoms with E-state index >= 15 is 4.39 Å². The number of hydrogen-bond donors (Lipinski definition) is 1. The van der Waals surface area contributed by atoms with Gasteiger partial charge in [-0.2, -0.15) is 15.0 Å². The molecule has 3 fully saturated rings. The highest BCUT2D eigenvalue weighted by molar-refractivity contribution is 6.36. The maximum absolute atomic E-state index is 16.8. The van der Waals surface area contributed by atoms with E-state index in [1.54, 1.807) is 37.1 Å². The number of hydrogen-bond acceptors (Lipinski definition) is 11. The first kappa shape index (κ1) is 35.3. The van der Waals surface area contributed by atoms with Gasteiger partial charge in [-0.3, -0.25) is 14.7 Å². The van der Waals surface area contributed by atoms with Crippen molar-refractivity contribution in [2.45, 2.75) is 50.4 Å². The van der Waals surface area contributed by atoms with Gasteiger partial charge in [0.1, 0.15) is 35.4 Å². The van der Waals surface area contributed by atoms with E-state index in [2.05, 4.69) is 25.0 Å². The number of benzene rings is 2. The zero-order chi connectivity index (χ0) is 37.1. The number of alkyl halides is 1. The molecule has 1 N–H and O–H groups in total. The van der Waals surface area contributed by atoms with Crippen molar-refractivity contribution >= 4 is 51.1 Å². The van der Waals surface area contributed by atoms with Gasteiger partial charge >= 0.3 is 6.01 Å². The van der Waals surface area contributed by atoms with Crippen LogP contribution >= 0.6 is 11.6 Å². The summed E-state index contributed by atoms with van der Waals surface area (Å²) in [4.78, 5) is 36.6. The van der Waals surface area contributed by atoms with Crippen molar-refractivity contribution in [3.05, 3.63) is 71.2 Å². The zero-order valence-corrected chi connectivity index (χ0v) is 30.4. The molecule has 1 unspecified atom stereocenters. The van der Waals surface area contributed by atoms with E-state index in [0.717, 1.165) is 24.8 Å². The molecule has 3 aromatic heterocycles. The molecule has 0 bridgehead atoms. The van der Waals surface area contributed by atoms with Crippen molar-refractivity contribution in [1.29, 1.82) is 0 Å². The molecular weight excluding hydrogens is 706 g/mol. The molecule has 0 radical (unpaired) electrons. The summed E-state index contributed by atoms with van der Waals surface area (Å²) in [5, 5.41) is 16.2. The number of carbonyl (C=O) groups excluding carboxylic acids is 1. The van der Waals surface area contributed by atoms with E-state index in [9.17, 15) is 14.3 Å². The highest BCUT2D eigenvalue weighted by atomic mass is 35.5. The Kier molecular flexibility index (Phi) is 9.02. The Hall–Kier alpha value is -4.79. The Morgan fingerprint density at radius 3 is 2.75 bits per heavy atom. The third-order valence-corrected chi connectivity index (χ3v) is 10.8. The van der Waals surface area contributed by atoms with Crippen LogP contribution in [0.25, 0.3) is 39.0 Å². The molecule has 3 saturated heterocycles. The number of amides is 1. The van der Waals surface area contributed by atoms with Gasteiger partial charge in [-0.25, -0.2) is 8.78 Å². The molecule has 8 rings (SSSR count). The van der Waals surface area contributed by atoms with Crippen LogP contribution in [0, 0.1) is 11.7 Å². The van der Waals surface area contributed by atoms with Gasteiger partial charge in [0.15, 0.2) is 5.82 Å². The first-order valence-corrected chi connectivity index (χ1v) is 18.1. The van der Waals surface area contributed by atoms with Crippen LogP contribution in [0.2, 0.25) is 5.02 Å². The highest BCUT2D eigenvalue weighted by Gasteiger charge is 2.49. The Morgan fingerprint density at radius 2 is 1.98 bits per heavy atom. The third kappa shape index (κ3) is 6.68. The second-order valence-corrected chi connectivity index (χ2v) is 15.3. The smallest absolute Gasteiger partial charge is 0.319 e. The lowest BCUT2D eigenvalue weighted by molar-refractivity contribution is -0.131. The first-order chi connectivity index (χ1) is 25.4. The second-order valence-electron chi connectivity index (χ2n) is 14.9. The number of pyridine rings is 1. The summed E-state index contributed by atoms with van der Waals surface area (Å²) in [6, 6.07) is 11.0. The van der Waals surface area contributed by atoms with Crippen molar-refractivity contribution in [1.82, 2.24) is 34.9 Å². The number of ether oxygens (including phenoxy) is 1. The topological polar surface area (TPSA) is 134 Å². The molecule has 12 nitrogen and oxygen atoms in total. The molecule has 0 spiro atoms. The molecule has 2 aromatic carbocycles. The monoisotopic (exact) mass is 744 g/mol. The van der Waals surface area contributed by atoms with E-state index in [0.29, 0.717) is 59.8 Å². The van der Waals surface area contributed by atoms with E-state index in [4.69, 9.17) is 25.8 Å². The van der Waals surface area contributed by atoms with Crippen LogP contribution in [0.15, 0.2) is 53.2 Å². The maximum Gasteiger partial charge on any atom is 0.319 e. The van der Waals surface area contributed by atoms with Crippen LogP contribution in [0.3, 0.4) is 0 Å². The number of aliphatic hydroxyl groups is 1. The predicted molar refractivity (Wildman–Crippen MR) is 196 cm³/mol. The molecule has 0 aliphatic carbocycles. The molecule has 3 aliphatic rings. The number of nitrogens with zero attached hydrogens (tertiary/aromatic N) is 8. The lowest BCUT2D eigenvalue weighted by Gasteiger charge is -2.40. The van der Waals surface area contributed by atoms with Crippen molar-refractivity contribution in [3.63, 3.8) is 0 Å². The highest BCUT2D eigenvalue weighted by Crippen LogP contribution is 2.41. The third-order valence-electron chi connectivity index (χ3n) is 10.5. The number of anilines is 1. The van der Waals surface area contributed by atoms with Gasteiger partial charge in [-0.05, 0) is 44.7 Å². The fourth-order valence-corrected chi connectivity index (χ4v) is 8.13. The number of rotatable bonds is 10. The van der Waals surface area contributed by atoms with Crippen LogP contribution in [0.1, 0.15) is 44.8 Å². The number of likely N-dealkylation sites (tertiary alicyclic amines) is 1. The van der Waals surface area contributed by atoms with E-state index in [1.807, 2.05) is 36.2 Å². The van der Waals surface area contributed by atoms with E-state index in [-0.39, 0.29) is 47.4 Å². The minimum atomic E-state index is -1.26. The van der Waals surface area contributed by atoms with Crippen LogP contribution < -0.4 is 9.64 Å². The molecule has 3 aliphatic heterocycles. The Bertz CT molecular complexity index is 2230. The fourth-order valence-electron chi connectivity index (χ4n) is 7.84. The average Bonchev–Trinajstić information content (AvgIpc) is 3.82. The molecule has 2 atom stereocenters. The van der Waals surface area contributed by atoms with Crippen molar-refractivity contribution in [2.24, 2.45) is 5.92 Å². The van der Waals surface area contributed by atoms with Gasteiger partial charge in [0.05, 0.1) is 10.9 Å². The van der Waals surface area contributed by atoms with Crippen LogP contribution in [-0.2, 0) is 10.4 Å². The normalized spacial score (nSPS) is 20.8. The summed E-state index contributed by atoms with van der Waals surface area (Å²) in [6.07, 6.45) is 5.57. The van der Waals surface area contributed by atoms with Gasteiger partial charge in [0.2, 0.25) is 11.7 Å². The molecule has 1 amide bonds. The zero-order valence-electron chi connectivity index (χ0n) is 29.6. The number of halogens is 3. The minimum Gasteiger partial charge on any atom is -0.461 e. The average molecular weight is 745 g/mol. The van der Waals surface area contributed by atoms with Gasteiger partial charge in [-0.15, -0.1) is 0 Å². The lowest BCUT2D eigenvalue weighted by Crippen LogP contribution is -2.53. The van der Waals surface area contributed by atoms with Crippen LogP contribution in [0.5, 0.6) is 6.01 Å². The summed E-state index contributed by atoms with van der Waals surface area (Å²) in [5.74, 6) is -0.0867. The summed E-state index contributed by atoms with van der Waals surface area (Å²) in [6.45, 7) is 5.94. The van der Waals surface area contributed by atoms with Gasteiger partial charge in [0, 0.05) is 79.9 Å². The van der Waals surface area contributed by atoms with E-state index in [1.165, 1.54) is 12.2 Å². The number of carbonyl (C=O) groups is 1. The molecular formula is C38H39ClF2N8O4. The summed E-state index contributed by atoms with van der Waals surface area (Å²) >= 11 is 6.61. The van der Waals surface area contributed by atoms with E-state index < -0.39 is 23.1 Å². The standard InChI is InChI=1S/C38H39ClF2N8O4/c1-37(2,51)35-43-28(53-46-35)11-12-29(50)48-18-22(19-48)17-47(3)34-26-16-42-32(25-9-4-7-23-8-5-10-27(39)30(23)25)31(41)33(26)44-36(45-34)52-21-38-13-6-14-49(38)20-24(40)15-38/h4-5,7-12,16,22,24,51H,6,13-15,17-21H2,1-3H3/b12-11+/t24?,38-/m0/s1. The predicted octanol–water partition coefficient (Wildman–Crippen LogP) is 5.81. The molecule has 15 heteroatoms. The van der Waals surface area contributed by atoms with Gasteiger partial charge in [0.25, 0.3) is 5.89 Å². The Labute approximate surface area is 309 Å². The fraction of sp³-hybridized carbons (Fsp3) is 0.421. The molecule has 0 saturated carbocycles. The Morgan fingerprint density at radius 1 is 1.19 bits per heavy atom. The van der Waals surface area contributed by atoms with Crippen molar-refractivity contribution in [3.8, 4) is 17.3 Å². The minimum absolute atomic E-state index is 0.000736. The summed E-state index contributed by atoms with van der Waals surface area (Å²) in [7, 11) is 1.85. The van der Waals surface area contributed by atoms with Crippen LogP contribution in [0.4, 0.5) is 14.6 Å². The SMILES string of the molecule is CN(CC1CN(C(=O)/C=C/c2nc(C(C)(C)O)no2)C1)c1nc(OC[C@@]23CCCN2CC(F)C3)nc2c(F)c(-c3cccc4cccc(Cl)c34)ncc12. The van der Waals surface area contributed by atoms with Gasteiger partial charge in [-0.1, -0.05) is 47.1 Å². The second kappa shape index (κ2) is 13.6. The van der Waals surface area contributed by atoms with Crippen LogP contribution in [-0.4, -0.2) is 104 Å². The molecule has 5 aromatic rings. The number of aromatic nitrogens is 5. The lowest BCUT2D eigenvalue weighted by atomic mass is 9.95. The number of fused-ring (bicyclic) bond motifs is 3. The van der Waals surface area contributed by atoms with Gasteiger partial charge < -0.3 is 24.2 Å². The Balaban J connectivity index is 1.06. The maximum atomic E-state index is 16.8.